The summed E-state index contributed by atoms with van der Waals surface area (Å²) in [5, 5.41) is 0. The molecule has 6 nitrogen and oxygen atoms in total. The van der Waals surface area contributed by atoms with Crippen molar-refractivity contribution < 1.29 is 28.6 Å². The number of allylic oxidation sites excluding steroid dienone is 24. The van der Waals surface area contributed by atoms with Crippen molar-refractivity contribution in [3.8, 4) is 0 Å². The fourth-order valence-electron chi connectivity index (χ4n) is 6.85. The minimum atomic E-state index is -0.836. The molecule has 386 valence electrons. The van der Waals surface area contributed by atoms with Gasteiger partial charge in [0, 0.05) is 19.3 Å². The van der Waals surface area contributed by atoms with Gasteiger partial charge in [-0.25, -0.2) is 0 Å². The van der Waals surface area contributed by atoms with Crippen LogP contribution in [0.1, 0.15) is 213 Å². The third kappa shape index (κ3) is 54.1. The molecule has 0 fully saturated rings. The largest absolute Gasteiger partial charge is 0.462 e. The summed E-state index contributed by atoms with van der Waals surface area (Å²) in [7, 11) is 0. The molecule has 0 aliphatic rings. The summed E-state index contributed by atoms with van der Waals surface area (Å²) in [6.45, 7) is 6.32. The Morgan fingerprint density at radius 1 is 0.319 bits per heavy atom. The van der Waals surface area contributed by atoms with Gasteiger partial charge in [-0.1, -0.05) is 237 Å². The molecule has 0 amide bonds. The van der Waals surface area contributed by atoms with Crippen molar-refractivity contribution in [1.29, 1.82) is 0 Å². The number of hydrogen-bond donors (Lipinski definition) is 0. The van der Waals surface area contributed by atoms with Crippen molar-refractivity contribution in [1.82, 2.24) is 0 Å². The molecule has 6 heteroatoms. The molecule has 0 radical (unpaired) electrons. The van der Waals surface area contributed by atoms with Gasteiger partial charge in [0.25, 0.3) is 0 Å². The van der Waals surface area contributed by atoms with Crippen LogP contribution in [-0.4, -0.2) is 37.2 Å². The number of hydrogen-bond acceptors (Lipinski definition) is 6. The zero-order chi connectivity index (χ0) is 50.0. The van der Waals surface area contributed by atoms with Gasteiger partial charge in [0.15, 0.2) is 6.10 Å². The van der Waals surface area contributed by atoms with E-state index in [-0.39, 0.29) is 37.5 Å². The number of ether oxygens (including phenoxy) is 3. The lowest BCUT2D eigenvalue weighted by Gasteiger charge is -2.18. The van der Waals surface area contributed by atoms with Crippen LogP contribution < -0.4 is 0 Å². The molecule has 0 N–H and O–H groups in total. The highest BCUT2D eigenvalue weighted by Gasteiger charge is 2.19. The standard InChI is InChI=1S/C63H98O6/c1-4-7-10-13-16-19-22-25-28-31-33-35-38-41-44-47-50-53-56-62(65)68-59-60(58-67-61(64)55-52-49-46-43-40-37-34-30-27-24-21-18-15-12-9-6-3)69-63(66)57-54-51-48-45-42-39-36-32-29-26-23-20-17-14-11-8-5-2/h8,10-11,13,16-17,19-20,22,25-26,28-31,33-37,39-40,45,48,60H,4-7,9,12,14-15,18,21,23-24,27,32,38,41-44,46-47,49-59H2,1-3H3/b11-8-,13-10-,19-16-,20-17-,25-22-,29-26-,31-28-,34-30-,35-33-,39-36-,40-37-,48-45-. The molecule has 0 bridgehead atoms. The molecule has 69 heavy (non-hydrogen) atoms. The Labute approximate surface area is 423 Å². The van der Waals surface area contributed by atoms with E-state index < -0.39 is 6.10 Å². The number of rotatable bonds is 47. The molecule has 0 aromatic carbocycles. The maximum atomic E-state index is 12.8. The van der Waals surface area contributed by atoms with Gasteiger partial charge in [0.1, 0.15) is 13.2 Å². The Bertz CT molecular complexity index is 1560. The zero-order valence-corrected chi connectivity index (χ0v) is 44.0. The Morgan fingerprint density at radius 3 is 1.13 bits per heavy atom. The van der Waals surface area contributed by atoms with Gasteiger partial charge in [-0.3, -0.25) is 14.4 Å². The van der Waals surface area contributed by atoms with Gasteiger partial charge in [-0.2, -0.15) is 0 Å². The molecule has 0 spiro atoms. The van der Waals surface area contributed by atoms with Gasteiger partial charge >= 0.3 is 17.9 Å². The number of esters is 3. The first-order valence-electron chi connectivity index (χ1n) is 27.4. The van der Waals surface area contributed by atoms with Crippen LogP contribution in [0.3, 0.4) is 0 Å². The highest BCUT2D eigenvalue weighted by molar-refractivity contribution is 5.71. The highest BCUT2D eigenvalue weighted by Crippen LogP contribution is 2.12. The SMILES string of the molecule is CC/C=C\C/C=C\C/C=C\C/C=C\C/C=C\CCCC(=O)OC(COC(=O)CCCCC/C=C\C=C/CCCCCCCCC)COC(=O)CCCCCCC\C=C/C=C\C=C/C=C\C=C/CCC. The molecule has 0 aliphatic carbocycles. The molecular formula is C63H98O6. The lowest BCUT2D eigenvalue weighted by molar-refractivity contribution is -0.167. The fourth-order valence-corrected chi connectivity index (χ4v) is 6.85. The van der Waals surface area contributed by atoms with Crippen LogP contribution >= 0.6 is 0 Å². The van der Waals surface area contributed by atoms with Crippen LogP contribution in [0.15, 0.2) is 146 Å². The van der Waals surface area contributed by atoms with Crippen molar-refractivity contribution in [3.63, 3.8) is 0 Å². The summed E-state index contributed by atoms with van der Waals surface area (Å²) < 4.78 is 16.7. The van der Waals surface area contributed by atoms with Gasteiger partial charge in [0.05, 0.1) is 0 Å². The molecular weight excluding hydrogens is 853 g/mol. The summed E-state index contributed by atoms with van der Waals surface area (Å²) >= 11 is 0. The van der Waals surface area contributed by atoms with Crippen LogP contribution in [0.5, 0.6) is 0 Å². The van der Waals surface area contributed by atoms with Gasteiger partial charge < -0.3 is 14.2 Å². The second-order valence-electron chi connectivity index (χ2n) is 17.5. The molecule has 0 heterocycles. The van der Waals surface area contributed by atoms with Gasteiger partial charge in [-0.15, -0.1) is 0 Å². The van der Waals surface area contributed by atoms with Gasteiger partial charge in [-0.05, 0) is 103 Å². The lowest BCUT2D eigenvalue weighted by atomic mass is 10.1. The maximum absolute atomic E-state index is 12.8. The van der Waals surface area contributed by atoms with E-state index >= 15 is 0 Å². The van der Waals surface area contributed by atoms with E-state index in [1.807, 2.05) is 36.5 Å². The molecule has 0 aromatic heterocycles. The van der Waals surface area contributed by atoms with Crippen LogP contribution in [0, 0.1) is 0 Å². The molecule has 1 unspecified atom stereocenters. The predicted molar refractivity (Wildman–Crippen MR) is 297 cm³/mol. The van der Waals surface area contributed by atoms with E-state index in [9.17, 15) is 14.4 Å². The third-order valence-corrected chi connectivity index (χ3v) is 10.9. The van der Waals surface area contributed by atoms with Gasteiger partial charge in [0.2, 0.25) is 0 Å². The summed E-state index contributed by atoms with van der Waals surface area (Å²) in [5.74, 6) is -1.05. The first-order valence-corrected chi connectivity index (χ1v) is 27.4. The minimum absolute atomic E-state index is 0.129. The van der Waals surface area contributed by atoms with Crippen molar-refractivity contribution in [2.75, 3.05) is 13.2 Å². The van der Waals surface area contributed by atoms with E-state index in [4.69, 9.17) is 14.2 Å². The quantitative estimate of drug-likeness (QED) is 0.0199. The second kappa shape index (κ2) is 55.9. The summed E-state index contributed by atoms with van der Waals surface area (Å²) in [6.07, 6.45) is 79.7. The smallest absolute Gasteiger partial charge is 0.306 e. The molecule has 0 saturated heterocycles. The van der Waals surface area contributed by atoms with Crippen molar-refractivity contribution in [3.05, 3.63) is 146 Å². The van der Waals surface area contributed by atoms with Crippen LogP contribution in [0.2, 0.25) is 0 Å². The molecule has 0 aliphatic heterocycles. The fraction of sp³-hybridized carbons (Fsp3) is 0.571. The van der Waals surface area contributed by atoms with Crippen molar-refractivity contribution in [2.24, 2.45) is 0 Å². The lowest BCUT2D eigenvalue weighted by Crippen LogP contribution is -2.30. The topological polar surface area (TPSA) is 78.9 Å². The van der Waals surface area contributed by atoms with Crippen LogP contribution in [-0.2, 0) is 28.6 Å². The normalized spacial score (nSPS) is 13.3. The van der Waals surface area contributed by atoms with E-state index in [0.29, 0.717) is 19.3 Å². The first-order chi connectivity index (χ1) is 34.0. The second-order valence-corrected chi connectivity index (χ2v) is 17.5. The average molecular weight is 951 g/mol. The number of carbonyl (C=O) groups is 3. The number of unbranched alkanes of at least 4 members (excludes halogenated alkanes) is 17. The van der Waals surface area contributed by atoms with Crippen molar-refractivity contribution >= 4 is 17.9 Å². The molecule has 0 aromatic rings. The highest BCUT2D eigenvalue weighted by atomic mass is 16.6. The monoisotopic (exact) mass is 951 g/mol. The Morgan fingerprint density at radius 2 is 0.667 bits per heavy atom. The molecule has 0 saturated carbocycles. The summed E-state index contributed by atoms with van der Waals surface area (Å²) in [6, 6.07) is 0. The maximum Gasteiger partial charge on any atom is 0.306 e. The third-order valence-electron chi connectivity index (χ3n) is 10.9. The Hall–Kier alpha value is -4.71. The van der Waals surface area contributed by atoms with Crippen LogP contribution in [0.4, 0.5) is 0 Å². The van der Waals surface area contributed by atoms with Crippen LogP contribution in [0.25, 0.3) is 0 Å². The van der Waals surface area contributed by atoms with E-state index in [2.05, 4.69) is 130 Å². The first kappa shape index (κ1) is 64.3. The number of carbonyl (C=O) groups excluding carboxylic acids is 3. The van der Waals surface area contributed by atoms with E-state index in [0.717, 1.165) is 116 Å². The summed E-state index contributed by atoms with van der Waals surface area (Å²) in [5.41, 5.74) is 0. The van der Waals surface area contributed by atoms with E-state index in [1.165, 1.54) is 51.4 Å². The molecule has 1 atom stereocenters. The zero-order valence-electron chi connectivity index (χ0n) is 44.0. The Kier molecular flexibility index (Phi) is 52.1. The Balaban J connectivity index is 4.61. The molecule has 0 rings (SSSR count). The van der Waals surface area contributed by atoms with Crippen molar-refractivity contribution in [2.45, 2.75) is 219 Å². The predicted octanol–water partition coefficient (Wildman–Crippen LogP) is 18.4. The van der Waals surface area contributed by atoms with E-state index in [1.54, 1.807) is 0 Å². The average Bonchev–Trinajstić information content (AvgIpc) is 3.35. The summed E-state index contributed by atoms with van der Waals surface area (Å²) in [4.78, 5) is 38.1. The minimum Gasteiger partial charge on any atom is -0.462 e.